The van der Waals surface area contributed by atoms with Crippen molar-refractivity contribution in [3.63, 3.8) is 0 Å². The molecule has 5 heteroatoms. The van der Waals surface area contributed by atoms with Crippen LogP contribution >= 0.6 is 0 Å². The monoisotopic (exact) mass is 214 g/mol. The van der Waals surface area contributed by atoms with Crippen molar-refractivity contribution >= 4 is 0 Å². The molecule has 0 radical (unpaired) electrons. The van der Waals surface area contributed by atoms with Gasteiger partial charge in [0.05, 0.1) is 12.4 Å². The van der Waals surface area contributed by atoms with E-state index in [1.807, 2.05) is 13.0 Å². The Morgan fingerprint density at radius 1 is 1.56 bits per heavy atom. The molecular weight excluding hydrogens is 204 g/mol. The molecular formula is C11H10N4O. The van der Waals surface area contributed by atoms with Crippen molar-refractivity contribution in [2.24, 2.45) is 0 Å². The first-order chi connectivity index (χ1) is 7.83. The highest BCUT2D eigenvalue weighted by atomic mass is 16.5. The van der Waals surface area contributed by atoms with Crippen LogP contribution in [0.5, 0.6) is 11.6 Å². The maximum atomic E-state index is 8.86. The fourth-order valence-electron chi connectivity index (χ4n) is 1.24. The number of hydrogen-bond donors (Lipinski definition) is 0. The first-order valence-electron chi connectivity index (χ1n) is 4.89. The van der Waals surface area contributed by atoms with Crippen LogP contribution in [0.1, 0.15) is 12.5 Å². The van der Waals surface area contributed by atoms with Crippen LogP contribution in [-0.4, -0.2) is 14.8 Å². The summed E-state index contributed by atoms with van der Waals surface area (Å²) in [4.78, 5) is 4.00. The Kier molecular flexibility index (Phi) is 2.83. The third kappa shape index (κ3) is 2.01. The van der Waals surface area contributed by atoms with Gasteiger partial charge in [-0.3, -0.25) is 4.68 Å². The average molecular weight is 214 g/mol. The summed E-state index contributed by atoms with van der Waals surface area (Å²) in [6.45, 7) is 2.76. The average Bonchev–Trinajstić information content (AvgIpc) is 2.77. The number of aryl methyl sites for hydroxylation is 1. The maximum absolute atomic E-state index is 8.86. The van der Waals surface area contributed by atoms with E-state index < -0.39 is 0 Å². The first-order valence-corrected chi connectivity index (χ1v) is 4.89. The van der Waals surface area contributed by atoms with E-state index in [-0.39, 0.29) is 0 Å². The van der Waals surface area contributed by atoms with Crippen molar-refractivity contribution in [2.45, 2.75) is 13.5 Å². The number of hydrogen-bond acceptors (Lipinski definition) is 4. The molecule has 0 aliphatic carbocycles. The fraction of sp³-hybridized carbons (Fsp3) is 0.182. The molecule has 0 spiro atoms. The number of aromatic nitrogens is 3. The normalized spacial score (nSPS) is 9.75. The van der Waals surface area contributed by atoms with Gasteiger partial charge in [0, 0.05) is 12.7 Å². The molecule has 0 bridgehead atoms. The van der Waals surface area contributed by atoms with Crippen molar-refractivity contribution in [1.82, 2.24) is 14.8 Å². The summed E-state index contributed by atoms with van der Waals surface area (Å²) in [5.41, 5.74) is 0.409. The molecule has 2 aromatic rings. The minimum Gasteiger partial charge on any atom is -0.434 e. The SMILES string of the molecule is CCn1cc(Oc2ncccc2C#N)cn1. The van der Waals surface area contributed by atoms with Crippen LogP contribution < -0.4 is 4.74 Å². The van der Waals surface area contributed by atoms with E-state index in [2.05, 4.69) is 10.1 Å². The van der Waals surface area contributed by atoms with Gasteiger partial charge < -0.3 is 4.74 Å². The molecule has 2 aromatic heterocycles. The number of nitrogens with zero attached hydrogens (tertiary/aromatic N) is 4. The maximum Gasteiger partial charge on any atom is 0.237 e. The zero-order valence-electron chi connectivity index (χ0n) is 8.79. The topological polar surface area (TPSA) is 63.7 Å². The highest BCUT2D eigenvalue weighted by Gasteiger charge is 2.06. The number of pyridine rings is 1. The Balaban J connectivity index is 2.24. The van der Waals surface area contributed by atoms with Gasteiger partial charge in [0.1, 0.15) is 11.6 Å². The van der Waals surface area contributed by atoms with E-state index in [1.165, 1.54) is 0 Å². The van der Waals surface area contributed by atoms with Gasteiger partial charge in [-0.15, -0.1) is 0 Å². The lowest BCUT2D eigenvalue weighted by molar-refractivity contribution is 0.460. The summed E-state index contributed by atoms with van der Waals surface area (Å²) in [6, 6.07) is 5.38. The summed E-state index contributed by atoms with van der Waals surface area (Å²) >= 11 is 0. The Hall–Kier alpha value is -2.35. The Bertz CT molecular complexity index is 527. The van der Waals surface area contributed by atoms with E-state index in [9.17, 15) is 0 Å². The molecule has 2 heterocycles. The lowest BCUT2D eigenvalue weighted by Crippen LogP contribution is -1.92. The van der Waals surface area contributed by atoms with Crippen LogP contribution in [0.2, 0.25) is 0 Å². The lowest BCUT2D eigenvalue weighted by Gasteiger charge is -2.02. The molecule has 0 saturated carbocycles. The fourth-order valence-corrected chi connectivity index (χ4v) is 1.24. The van der Waals surface area contributed by atoms with Gasteiger partial charge in [0.25, 0.3) is 0 Å². The zero-order valence-corrected chi connectivity index (χ0v) is 8.79. The van der Waals surface area contributed by atoms with Gasteiger partial charge in [-0.1, -0.05) is 0 Å². The van der Waals surface area contributed by atoms with Crippen LogP contribution in [0.4, 0.5) is 0 Å². The molecule has 0 fully saturated rings. The van der Waals surface area contributed by atoms with Crippen molar-refractivity contribution < 1.29 is 4.74 Å². The highest BCUT2D eigenvalue weighted by molar-refractivity contribution is 5.39. The van der Waals surface area contributed by atoms with Gasteiger partial charge in [0.15, 0.2) is 5.75 Å². The molecule has 5 nitrogen and oxygen atoms in total. The van der Waals surface area contributed by atoms with Gasteiger partial charge >= 0.3 is 0 Å². The van der Waals surface area contributed by atoms with Crippen LogP contribution in [0.3, 0.4) is 0 Å². The minimum atomic E-state index is 0.306. The van der Waals surface area contributed by atoms with Gasteiger partial charge in [-0.05, 0) is 19.1 Å². The largest absolute Gasteiger partial charge is 0.434 e. The number of ether oxygens (including phenoxy) is 1. The Labute approximate surface area is 92.9 Å². The van der Waals surface area contributed by atoms with E-state index in [4.69, 9.17) is 10.00 Å². The molecule has 80 valence electrons. The van der Waals surface area contributed by atoms with E-state index >= 15 is 0 Å². The van der Waals surface area contributed by atoms with Crippen LogP contribution in [-0.2, 0) is 6.54 Å². The smallest absolute Gasteiger partial charge is 0.237 e. The third-order valence-electron chi connectivity index (χ3n) is 2.04. The first kappa shape index (κ1) is 10.2. The molecule has 0 unspecified atom stereocenters. The molecule has 0 aliphatic rings. The van der Waals surface area contributed by atoms with Crippen molar-refractivity contribution in [3.8, 4) is 17.7 Å². The van der Waals surface area contributed by atoms with Crippen molar-refractivity contribution in [1.29, 1.82) is 5.26 Å². The number of rotatable bonds is 3. The van der Waals surface area contributed by atoms with E-state index in [1.54, 1.807) is 35.4 Å². The summed E-state index contributed by atoms with van der Waals surface area (Å²) in [7, 11) is 0. The molecule has 0 atom stereocenters. The second kappa shape index (κ2) is 4.45. The second-order valence-corrected chi connectivity index (χ2v) is 3.10. The number of nitriles is 1. The molecule has 16 heavy (non-hydrogen) atoms. The highest BCUT2D eigenvalue weighted by Crippen LogP contribution is 2.21. The lowest BCUT2D eigenvalue weighted by atomic mass is 10.3. The van der Waals surface area contributed by atoms with E-state index in [0.29, 0.717) is 17.2 Å². The minimum absolute atomic E-state index is 0.306. The molecule has 2 rings (SSSR count). The standard InChI is InChI=1S/C11H10N4O/c1-2-15-8-10(7-14-15)16-11-9(6-12)4-3-5-13-11/h3-5,7-8H,2H2,1H3. The quantitative estimate of drug-likeness (QED) is 0.783. The third-order valence-corrected chi connectivity index (χ3v) is 2.04. The van der Waals surface area contributed by atoms with Crippen molar-refractivity contribution in [3.05, 3.63) is 36.3 Å². The molecule has 0 amide bonds. The van der Waals surface area contributed by atoms with Gasteiger partial charge in [0.2, 0.25) is 5.88 Å². The predicted molar refractivity (Wildman–Crippen MR) is 56.9 cm³/mol. The zero-order chi connectivity index (χ0) is 11.4. The summed E-state index contributed by atoms with van der Waals surface area (Å²) in [6.07, 6.45) is 4.94. The van der Waals surface area contributed by atoms with Crippen molar-refractivity contribution in [2.75, 3.05) is 0 Å². The second-order valence-electron chi connectivity index (χ2n) is 3.10. The Morgan fingerprint density at radius 3 is 3.12 bits per heavy atom. The van der Waals surface area contributed by atoms with Gasteiger partial charge in [-0.25, -0.2) is 4.98 Å². The van der Waals surface area contributed by atoms with Crippen LogP contribution in [0.25, 0.3) is 0 Å². The summed E-state index contributed by atoms with van der Waals surface area (Å²) < 4.78 is 7.21. The summed E-state index contributed by atoms with van der Waals surface area (Å²) in [5, 5.41) is 12.9. The summed E-state index contributed by atoms with van der Waals surface area (Å²) in [5.74, 6) is 0.887. The molecule has 0 saturated heterocycles. The van der Waals surface area contributed by atoms with E-state index in [0.717, 1.165) is 6.54 Å². The predicted octanol–water partition coefficient (Wildman–Crippen LogP) is 1.96. The molecule has 0 N–H and O–H groups in total. The van der Waals surface area contributed by atoms with Gasteiger partial charge in [-0.2, -0.15) is 10.4 Å². The molecule has 0 aromatic carbocycles. The Morgan fingerprint density at radius 2 is 2.44 bits per heavy atom. The van der Waals surface area contributed by atoms with Crippen LogP contribution in [0.15, 0.2) is 30.7 Å². The molecule has 0 aliphatic heterocycles. The van der Waals surface area contributed by atoms with Crippen LogP contribution in [0, 0.1) is 11.3 Å².